The number of allylic oxidation sites excluding steroid dienone is 1. The molecule has 0 amide bonds. The molecule has 0 N–H and O–H groups in total. The molecule has 0 fully saturated rings. The number of nitriles is 1. The van der Waals surface area contributed by atoms with Gasteiger partial charge in [0.25, 0.3) is 0 Å². The molecule has 2 aliphatic rings. The first-order valence-corrected chi connectivity index (χ1v) is 10.8. The monoisotopic (exact) mass is 431 g/mol. The number of hydrogen-bond acceptors (Lipinski definition) is 7. The van der Waals surface area contributed by atoms with Gasteiger partial charge in [0.15, 0.2) is 5.17 Å². The molecule has 7 heteroatoms. The summed E-state index contributed by atoms with van der Waals surface area (Å²) in [7, 11) is 0. The topological polar surface area (TPSA) is 74.9 Å². The van der Waals surface area contributed by atoms with Crippen LogP contribution in [-0.4, -0.2) is 22.6 Å². The smallest absolute Gasteiger partial charge is 0.338 e. The summed E-state index contributed by atoms with van der Waals surface area (Å²) < 4.78 is 11.5. The minimum absolute atomic E-state index is 0.246. The minimum Gasteiger partial charge on any atom is -0.488 e. The molecular formula is C24H21N3O3S. The molecule has 2 aromatic rings. The maximum atomic E-state index is 12.9. The van der Waals surface area contributed by atoms with Gasteiger partial charge < -0.3 is 14.4 Å². The first-order chi connectivity index (χ1) is 15.1. The van der Waals surface area contributed by atoms with Crippen LogP contribution in [0.25, 0.3) is 0 Å². The summed E-state index contributed by atoms with van der Waals surface area (Å²) in [6, 6.07) is 16.8. The lowest BCUT2D eigenvalue weighted by Crippen LogP contribution is -2.34. The summed E-state index contributed by atoms with van der Waals surface area (Å²) in [6.45, 7) is 4.15. The van der Waals surface area contributed by atoms with Gasteiger partial charge >= 0.3 is 5.97 Å². The summed E-state index contributed by atoms with van der Waals surface area (Å²) in [5.41, 5.74) is 3.34. The van der Waals surface area contributed by atoms with E-state index >= 15 is 0 Å². The summed E-state index contributed by atoms with van der Waals surface area (Å²) in [5.74, 6) is 0.254. The molecule has 156 valence electrons. The summed E-state index contributed by atoms with van der Waals surface area (Å²) in [6.07, 6.45) is 1.92. The maximum Gasteiger partial charge on any atom is 0.338 e. The molecule has 0 aromatic heterocycles. The number of hydrogen-bond donors (Lipinski definition) is 0. The number of nitrogens with zero attached hydrogens (tertiary/aromatic N) is 3. The minimum atomic E-state index is -0.416. The van der Waals surface area contributed by atoms with Gasteiger partial charge in [0.2, 0.25) is 0 Å². The van der Waals surface area contributed by atoms with E-state index in [1.165, 1.54) is 11.8 Å². The predicted molar refractivity (Wildman–Crippen MR) is 120 cm³/mol. The quantitative estimate of drug-likeness (QED) is 0.605. The van der Waals surface area contributed by atoms with Gasteiger partial charge in [-0.1, -0.05) is 48.2 Å². The molecule has 0 spiro atoms. The van der Waals surface area contributed by atoms with E-state index in [2.05, 4.69) is 11.1 Å². The van der Waals surface area contributed by atoms with Gasteiger partial charge in [-0.05, 0) is 31.4 Å². The molecule has 6 nitrogen and oxygen atoms in total. The fraction of sp³-hybridized carbons (Fsp3) is 0.208. The number of amidine groups is 1. The van der Waals surface area contributed by atoms with E-state index in [1.54, 1.807) is 13.0 Å². The Hall–Kier alpha value is -3.50. The zero-order chi connectivity index (χ0) is 21.8. The number of fused-ring (bicyclic) bond motifs is 1. The zero-order valence-corrected chi connectivity index (χ0v) is 18.1. The molecule has 0 radical (unpaired) electrons. The average Bonchev–Trinajstić information content (AvgIpc) is 3.25. The predicted octanol–water partition coefficient (Wildman–Crippen LogP) is 4.91. The van der Waals surface area contributed by atoms with Crippen molar-refractivity contribution in [2.75, 3.05) is 6.61 Å². The van der Waals surface area contributed by atoms with E-state index in [9.17, 15) is 10.1 Å². The second-order valence-electron chi connectivity index (χ2n) is 6.92. The van der Waals surface area contributed by atoms with Crippen LogP contribution in [0.3, 0.4) is 0 Å². The van der Waals surface area contributed by atoms with E-state index < -0.39 is 6.04 Å². The Morgan fingerprint density at radius 3 is 2.81 bits per heavy atom. The van der Waals surface area contributed by atoms with Crippen molar-refractivity contribution in [3.63, 3.8) is 0 Å². The number of aliphatic imine (C=N–C) groups is 1. The van der Waals surface area contributed by atoms with Crippen LogP contribution >= 0.6 is 11.8 Å². The van der Waals surface area contributed by atoms with Gasteiger partial charge in [0, 0.05) is 17.3 Å². The Kier molecular flexibility index (Phi) is 6.10. The Bertz CT molecular complexity index is 1150. The Morgan fingerprint density at radius 1 is 1.23 bits per heavy atom. The molecule has 0 saturated heterocycles. The highest BCUT2D eigenvalue weighted by Gasteiger charge is 2.38. The fourth-order valence-corrected chi connectivity index (χ4v) is 4.42. The zero-order valence-electron chi connectivity index (χ0n) is 17.2. The van der Waals surface area contributed by atoms with E-state index in [0.717, 1.165) is 16.3 Å². The van der Waals surface area contributed by atoms with Crippen molar-refractivity contribution in [2.45, 2.75) is 26.5 Å². The highest BCUT2D eigenvalue weighted by molar-refractivity contribution is 8.16. The molecule has 1 atom stereocenters. The third-order valence-electron chi connectivity index (χ3n) is 5.05. The van der Waals surface area contributed by atoms with Gasteiger partial charge in [-0.3, -0.25) is 0 Å². The molecule has 31 heavy (non-hydrogen) atoms. The van der Waals surface area contributed by atoms with Crippen LogP contribution in [0.2, 0.25) is 0 Å². The number of benzene rings is 2. The van der Waals surface area contributed by atoms with Crippen molar-refractivity contribution in [2.24, 2.45) is 4.99 Å². The fourth-order valence-electron chi connectivity index (χ4n) is 3.62. The highest BCUT2D eigenvalue weighted by Crippen LogP contribution is 2.43. The third kappa shape index (κ3) is 4.07. The average molecular weight is 432 g/mol. The van der Waals surface area contributed by atoms with Crippen LogP contribution in [0.15, 0.2) is 76.4 Å². The lowest BCUT2D eigenvalue weighted by atomic mass is 9.94. The summed E-state index contributed by atoms with van der Waals surface area (Å²) in [4.78, 5) is 19.4. The lowest BCUT2D eigenvalue weighted by Gasteiger charge is -2.34. The van der Waals surface area contributed by atoms with E-state index in [1.807, 2.05) is 65.9 Å². The number of carbonyl (C=O) groups is 1. The number of para-hydroxylation sites is 1. The van der Waals surface area contributed by atoms with Gasteiger partial charge in [-0.2, -0.15) is 5.26 Å². The normalized spacial score (nSPS) is 17.1. The van der Waals surface area contributed by atoms with E-state index in [-0.39, 0.29) is 19.2 Å². The molecule has 1 unspecified atom stereocenters. The Balaban J connectivity index is 1.72. The number of ether oxygens (including phenoxy) is 2. The second-order valence-corrected chi connectivity index (χ2v) is 7.80. The second kappa shape index (κ2) is 9.11. The lowest BCUT2D eigenvalue weighted by molar-refractivity contribution is -0.139. The van der Waals surface area contributed by atoms with Crippen molar-refractivity contribution in [3.05, 3.63) is 88.1 Å². The Morgan fingerprint density at radius 2 is 2.00 bits per heavy atom. The Labute approximate surface area is 185 Å². The van der Waals surface area contributed by atoms with Crippen molar-refractivity contribution in [3.8, 4) is 11.8 Å². The largest absolute Gasteiger partial charge is 0.488 e. The van der Waals surface area contributed by atoms with Crippen LogP contribution in [0, 0.1) is 11.3 Å². The van der Waals surface area contributed by atoms with E-state index in [4.69, 9.17) is 9.47 Å². The van der Waals surface area contributed by atoms with Crippen molar-refractivity contribution in [1.82, 2.24) is 4.90 Å². The van der Waals surface area contributed by atoms with Crippen LogP contribution in [0.5, 0.6) is 5.75 Å². The molecule has 2 aliphatic heterocycles. The summed E-state index contributed by atoms with van der Waals surface area (Å²) in [5, 5.41) is 12.1. The number of carbonyl (C=O) groups excluding carboxylic acids is 1. The molecular weight excluding hydrogens is 410 g/mol. The SMILES string of the molecule is CCOC(=O)C1=C(C)N=C2SC=CN2C1c1ccccc1OCc1ccccc1C#N. The third-order valence-corrected chi connectivity index (χ3v) is 5.82. The molecule has 2 heterocycles. The van der Waals surface area contributed by atoms with Gasteiger partial charge in [0.1, 0.15) is 12.4 Å². The standard InChI is InChI=1S/C24H21N3O3S/c1-3-29-23(28)21-16(2)26-24-27(12-13-31-24)22(21)19-10-6-7-11-20(19)30-15-18-9-5-4-8-17(18)14-25/h4-13,22H,3,15H2,1-2H3. The van der Waals surface area contributed by atoms with Crippen LogP contribution < -0.4 is 4.74 Å². The number of esters is 1. The van der Waals surface area contributed by atoms with Crippen LogP contribution in [0.1, 0.15) is 36.6 Å². The van der Waals surface area contributed by atoms with Gasteiger partial charge in [-0.25, -0.2) is 9.79 Å². The van der Waals surface area contributed by atoms with Crippen molar-refractivity contribution < 1.29 is 14.3 Å². The van der Waals surface area contributed by atoms with Gasteiger partial charge in [0.05, 0.1) is 35.6 Å². The first-order valence-electron chi connectivity index (χ1n) is 9.92. The van der Waals surface area contributed by atoms with Gasteiger partial charge in [-0.15, -0.1) is 0 Å². The molecule has 0 aliphatic carbocycles. The van der Waals surface area contributed by atoms with E-state index in [0.29, 0.717) is 22.6 Å². The molecule has 0 bridgehead atoms. The molecule has 2 aromatic carbocycles. The van der Waals surface area contributed by atoms with Crippen molar-refractivity contribution in [1.29, 1.82) is 5.26 Å². The highest BCUT2D eigenvalue weighted by atomic mass is 32.2. The van der Waals surface area contributed by atoms with Crippen LogP contribution in [0.4, 0.5) is 0 Å². The summed E-state index contributed by atoms with van der Waals surface area (Å²) >= 11 is 1.51. The van der Waals surface area contributed by atoms with Crippen molar-refractivity contribution >= 4 is 22.9 Å². The number of rotatable bonds is 6. The molecule has 0 saturated carbocycles. The first kappa shape index (κ1) is 20.8. The number of thioether (sulfide) groups is 1. The maximum absolute atomic E-state index is 12.9. The van der Waals surface area contributed by atoms with Crippen LogP contribution in [-0.2, 0) is 16.1 Å². The molecule has 4 rings (SSSR count).